The largest absolute Gasteiger partial charge is 0.224 e. The molecule has 0 saturated heterocycles. The monoisotopic (exact) mass is 496 g/mol. The van der Waals surface area contributed by atoms with Gasteiger partial charge in [0.15, 0.2) is 29.5 Å². The van der Waals surface area contributed by atoms with E-state index in [2.05, 4.69) is 0 Å². The highest BCUT2D eigenvalue weighted by molar-refractivity contribution is 7.96. The Balaban J connectivity index is 2.55. The van der Waals surface area contributed by atoms with E-state index in [0.29, 0.717) is 0 Å². The van der Waals surface area contributed by atoms with Gasteiger partial charge < -0.3 is 0 Å². The van der Waals surface area contributed by atoms with Crippen LogP contribution in [0.3, 0.4) is 0 Å². The van der Waals surface area contributed by atoms with Crippen molar-refractivity contribution in [2.75, 3.05) is 18.8 Å². The van der Waals surface area contributed by atoms with Crippen LogP contribution in [0.2, 0.25) is 0 Å². The molecular formula is C21H21O6PS3. The Morgan fingerprint density at radius 1 is 0.516 bits per heavy atom. The average molecular weight is 497 g/mol. The van der Waals surface area contributed by atoms with Gasteiger partial charge in [0.05, 0.1) is 9.79 Å². The number of rotatable bonds is 6. The van der Waals surface area contributed by atoms with Gasteiger partial charge in [0.2, 0.25) is 0 Å². The van der Waals surface area contributed by atoms with E-state index in [9.17, 15) is 25.3 Å². The second kappa shape index (κ2) is 8.47. The summed E-state index contributed by atoms with van der Waals surface area (Å²) in [6.45, 7) is 0. The Morgan fingerprint density at radius 2 is 0.935 bits per heavy atom. The Bertz CT molecular complexity index is 1390. The van der Waals surface area contributed by atoms with Gasteiger partial charge in [-0.2, -0.15) is 0 Å². The van der Waals surface area contributed by atoms with Crippen LogP contribution in [0.5, 0.6) is 0 Å². The third kappa shape index (κ3) is 5.06. The van der Waals surface area contributed by atoms with Crippen molar-refractivity contribution in [2.45, 2.75) is 14.7 Å². The summed E-state index contributed by atoms with van der Waals surface area (Å²) in [5.74, 6) is 0. The topological polar surface area (TPSA) is 102 Å². The molecule has 0 N–H and O–H groups in total. The quantitative estimate of drug-likeness (QED) is 0.481. The molecule has 3 aromatic rings. The molecule has 0 spiro atoms. The van der Waals surface area contributed by atoms with Gasteiger partial charge in [0, 0.05) is 24.1 Å². The van der Waals surface area contributed by atoms with Crippen molar-refractivity contribution in [1.82, 2.24) is 0 Å². The van der Waals surface area contributed by atoms with Gasteiger partial charge >= 0.3 is 0 Å². The SMILES string of the molecule is CS(=O)(=O)c1ccc(P(c2ccccc2)c2ccccc2)c(S(C)(=O)=O)c1S(C)(=O)=O. The Labute approximate surface area is 184 Å². The van der Waals surface area contributed by atoms with Crippen molar-refractivity contribution in [2.24, 2.45) is 0 Å². The molecule has 0 radical (unpaired) electrons. The summed E-state index contributed by atoms with van der Waals surface area (Å²) in [6.07, 6.45) is 2.58. The number of hydrogen-bond donors (Lipinski definition) is 0. The van der Waals surface area contributed by atoms with Gasteiger partial charge in [-0.3, -0.25) is 0 Å². The molecule has 0 heterocycles. The fourth-order valence-electron chi connectivity index (χ4n) is 3.29. The zero-order valence-electron chi connectivity index (χ0n) is 17.0. The minimum absolute atomic E-state index is 0.266. The van der Waals surface area contributed by atoms with Crippen LogP contribution >= 0.6 is 7.92 Å². The summed E-state index contributed by atoms with van der Waals surface area (Å²) in [5.41, 5.74) is 0. The molecule has 0 fully saturated rings. The highest BCUT2D eigenvalue weighted by atomic mass is 32.2. The molecular weight excluding hydrogens is 475 g/mol. The lowest BCUT2D eigenvalue weighted by Gasteiger charge is -2.24. The standard InChI is InChI=1S/C21H21O6PS3/c1-29(22,23)19-15-14-18(20(30(2,24)25)21(19)31(3,26)27)28(16-10-6-4-7-11-16)17-12-8-5-9-13-17/h4-15H,1-3H3. The van der Waals surface area contributed by atoms with E-state index in [1.165, 1.54) is 12.1 Å². The molecule has 0 aliphatic heterocycles. The minimum atomic E-state index is -4.20. The van der Waals surface area contributed by atoms with Crippen LogP contribution in [0.1, 0.15) is 0 Å². The van der Waals surface area contributed by atoms with E-state index >= 15 is 0 Å². The normalized spacial score (nSPS) is 12.8. The molecule has 0 unspecified atom stereocenters. The molecule has 0 bridgehead atoms. The maximum Gasteiger partial charge on any atom is 0.178 e. The highest BCUT2D eigenvalue weighted by Gasteiger charge is 2.34. The van der Waals surface area contributed by atoms with Crippen LogP contribution in [0.4, 0.5) is 0 Å². The molecule has 164 valence electrons. The first-order valence-corrected chi connectivity index (χ1v) is 16.0. The third-order valence-electron chi connectivity index (χ3n) is 4.47. The lowest BCUT2D eigenvalue weighted by molar-refractivity contribution is 0.580. The molecule has 0 atom stereocenters. The van der Waals surface area contributed by atoms with E-state index in [4.69, 9.17) is 0 Å². The Hall–Kier alpha value is -2.06. The summed E-state index contributed by atoms with van der Waals surface area (Å²) in [6, 6.07) is 20.9. The van der Waals surface area contributed by atoms with Crippen molar-refractivity contribution in [3.05, 3.63) is 72.8 Å². The first kappa shape index (κ1) is 23.6. The van der Waals surface area contributed by atoms with Crippen molar-refractivity contribution in [3.8, 4) is 0 Å². The predicted molar refractivity (Wildman–Crippen MR) is 124 cm³/mol. The zero-order chi connectivity index (χ0) is 23.0. The van der Waals surface area contributed by atoms with Crippen LogP contribution in [-0.4, -0.2) is 44.0 Å². The van der Waals surface area contributed by atoms with E-state index in [1.54, 1.807) is 0 Å². The second-order valence-corrected chi connectivity index (χ2v) is 15.1. The van der Waals surface area contributed by atoms with Crippen molar-refractivity contribution >= 4 is 53.3 Å². The molecule has 0 amide bonds. The fourth-order valence-corrected chi connectivity index (χ4v) is 10.9. The molecule has 3 aromatic carbocycles. The summed E-state index contributed by atoms with van der Waals surface area (Å²) in [4.78, 5) is -1.65. The maximum absolute atomic E-state index is 12.9. The van der Waals surface area contributed by atoms with Gasteiger partial charge in [0.1, 0.15) is 4.90 Å². The predicted octanol–water partition coefficient (Wildman–Crippen LogP) is 1.66. The van der Waals surface area contributed by atoms with Crippen molar-refractivity contribution < 1.29 is 25.3 Å². The maximum atomic E-state index is 12.9. The summed E-state index contributed by atoms with van der Waals surface area (Å²) in [5, 5.41) is 1.88. The first-order valence-electron chi connectivity index (χ1n) is 8.99. The highest BCUT2D eigenvalue weighted by Crippen LogP contribution is 2.39. The molecule has 0 aromatic heterocycles. The molecule has 0 aliphatic carbocycles. The van der Waals surface area contributed by atoms with Crippen molar-refractivity contribution in [1.29, 1.82) is 0 Å². The van der Waals surface area contributed by atoms with E-state index in [1.807, 2.05) is 60.7 Å². The van der Waals surface area contributed by atoms with Crippen LogP contribution in [-0.2, 0) is 29.5 Å². The summed E-state index contributed by atoms with van der Waals surface area (Å²) >= 11 is 0. The fraction of sp³-hybridized carbons (Fsp3) is 0.143. The molecule has 0 aliphatic rings. The smallest absolute Gasteiger partial charge is 0.178 e. The van der Waals surface area contributed by atoms with Crippen LogP contribution in [0, 0.1) is 0 Å². The van der Waals surface area contributed by atoms with Crippen LogP contribution in [0.15, 0.2) is 87.5 Å². The first-order chi connectivity index (χ1) is 14.3. The number of sulfone groups is 3. The van der Waals surface area contributed by atoms with E-state index in [0.717, 1.165) is 29.4 Å². The lowest BCUT2D eigenvalue weighted by Crippen LogP contribution is -2.28. The minimum Gasteiger partial charge on any atom is -0.224 e. The average Bonchev–Trinajstić information content (AvgIpc) is 2.67. The third-order valence-corrected chi connectivity index (χ3v) is 10.8. The van der Waals surface area contributed by atoms with Gasteiger partial charge in [0.25, 0.3) is 0 Å². The van der Waals surface area contributed by atoms with Crippen LogP contribution in [0.25, 0.3) is 0 Å². The summed E-state index contributed by atoms with van der Waals surface area (Å²) in [7, 11) is -13.8. The van der Waals surface area contributed by atoms with Crippen LogP contribution < -0.4 is 15.9 Å². The van der Waals surface area contributed by atoms with Gasteiger partial charge in [-0.05, 0) is 24.6 Å². The van der Waals surface area contributed by atoms with Gasteiger partial charge in [-0.1, -0.05) is 66.7 Å². The van der Waals surface area contributed by atoms with Gasteiger partial charge in [-0.15, -0.1) is 0 Å². The molecule has 0 saturated carbocycles. The van der Waals surface area contributed by atoms with E-state index in [-0.39, 0.29) is 5.30 Å². The molecule has 3 rings (SSSR count). The number of hydrogen-bond acceptors (Lipinski definition) is 6. The Morgan fingerprint density at radius 3 is 1.29 bits per heavy atom. The van der Waals surface area contributed by atoms with Gasteiger partial charge in [-0.25, -0.2) is 25.3 Å². The number of benzene rings is 3. The molecule has 6 nitrogen and oxygen atoms in total. The van der Waals surface area contributed by atoms with E-state index < -0.39 is 52.1 Å². The summed E-state index contributed by atoms with van der Waals surface area (Å²) < 4.78 is 75.9. The molecule has 31 heavy (non-hydrogen) atoms. The lowest BCUT2D eigenvalue weighted by atomic mass is 10.3. The van der Waals surface area contributed by atoms with Crippen molar-refractivity contribution in [3.63, 3.8) is 0 Å². The Kier molecular flexibility index (Phi) is 6.45. The zero-order valence-corrected chi connectivity index (χ0v) is 20.4. The second-order valence-electron chi connectivity index (χ2n) is 7.06. The molecule has 10 heteroatoms.